The molecule has 0 aliphatic rings. The smallest absolute Gasteiger partial charge is 0.211 e. The Morgan fingerprint density at radius 3 is 2.64 bits per heavy atom. The van der Waals surface area contributed by atoms with Gasteiger partial charge in [-0.25, -0.2) is 0 Å². The van der Waals surface area contributed by atoms with Crippen LogP contribution in [0.4, 0.5) is 0 Å². The van der Waals surface area contributed by atoms with Crippen LogP contribution in [0.1, 0.15) is 16.1 Å². The van der Waals surface area contributed by atoms with E-state index in [4.69, 9.17) is 0 Å². The zero-order valence-electron chi connectivity index (χ0n) is 7.77. The molecule has 1 radical (unpaired) electrons. The molecule has 14 heavy (non-hydrogen) atoms. The Morgan fingerprint density at radius 2 is 2.07 bits per heavy atom. The number of aryl methyl sites for hydroxylation is 1. The average molecular weight is 185 g/mol. The Balaban J connectivity index is 2.39. The molecular formula is C11H9N2O. The number of nitrogens with zero attached hydrogens (tertiary/aromatic N) is 2. The van der Waals surface area contributed by atoms with Crippen molar-refractivity contribution in [1.29, 1.82) is 0 Å². The van der Waals surface area contributed by atoms with E-state index in [0.29, 0.717) is 11.3 Å². The summed E-state index contributed by atoms with van der Waals surface area (Å²) >= 11 is 0. The molecule has 3 heteroatoms. The quantitative estimate of drug-likeness (QED) is 0.664. The lowest BCUT2D eigenvalue weighted by atomic mass is 10.1. The molecule has 0 saturated carbocycles. The second-order valence-corrected chi connectivity index (χ2v) is 2.96. The van der Waals surface area contributed by atoms with Crippen LogP contribution in [-0.2, 0) is 7.05 Å². The number of hydrogen-bond donors (Lipinski definition) is 0. The lowest BCUT2D eigenvalue weighted by Gasteiger charge is -2.00. The molecule has 0 atom stereocenters. The molecule has 0 bridgehead atoms. The Hall–Kier alpha value is -1.90. The van der Waals surface area contributed by atoms with Gasteiger partial charge in [0, 0.05) is 18.8 Å². The average Bonchev–Trinajstić information content (AvgIpc) is 2.65. The summed E-state index contributed by atoms with van der Waals surface area (Å²) in [7, 11) is 1.75. The summed E-state index contributed by atoms with van der Waals surface area (Å²) in [5.41, 5.74) is 1.25. The first kappa shape index (κ1) is 8.69. The van der Waals surface area contributed by atoms with Crippen molar-refractivity contribution in [1.82, 2.24) is 9.78 Å². The van der Waals surface area contributed by atoms with Crippen LogP contribution in [0.2, 0.25) is 0 Å². The third-order valence-electron chi connectivity index (χ3n) is 2.03. The first-order valence-corrected chi connectivity index (χ1v) is 4.28. The van der Waals surface area contributed by atoms with Gasteiger partial charge in [0.05, 0.1) is 0 Å². The fourth-order valence-corrected chi connectivity index (χ4v) is 1.28. The molecular weight excluding hydrogens is 176 g/mol. The lowest BCUT2D eigenvalue weighted by molar-refractivity contribution is 0.103. The zero-order chi connectivity index (χ0) is 9.97. The number of benzene rings is 1. The van der Waals surface area contributed by atoms with Gasteiger partial charge in [-0.1, -0.05) is 24.3 Å². The van der Waals surface area contributed by atoms with Gasteiger partial charge in [-0.15, -0.1) is 0 Å². The van der Waals surface area contributed by atoms with Crippen molar-refractivity contribution >= 4 is 5.78 Å². The molecule has 2 aromatic rings. The fraction of sp³-hybridized carbons (Fsp3) is 0.0909. The lowest BCUT2D eigenvalue weighted by Crippen LogP contribution is -2.07. The Labute approximate surface area is 82.0 Å². The predicted octanol–water partition coefficient (Wildman–Crippen LogP) is 1.45. The summed E-state index contributed by atoms with van der Waals surface area (Å²) in [6.45, 7) is 0. The maximum atomic E-state index is 11.9. The van der Waals surface area contributed by atoms with Crippen molar-refractivity contribution in [3.8, 4) is 0 Å². The molecule has 0 spiro atoms. The maximum Gasteiger partial charge on any atom is 0.211 e. The second-order valence-electron chi connectivity index (χ2n) is 2.96. The van der Waals surface area contributed by atoms with Gasteiger partial charge in [-0.3, -0.25) is 9.48 Å². The van der Waals surface area contributed by atoms with Crippen molar-refractivity contribution in [2.75, 3.05) is 0 Å². The van der Waals surface area contributed by atoms with E-state index in [9.17, 15) is 4.79 Å². The van der Waals surface area contributed by atoms with Gasteiger partial charge >= 0.3 is 0 Å². The van der Waals surface area contributed by atoms with E-state index in [2.05, 4.69) is 11.2 Å². The number of carbonyl (C=O) groups is 1. The van der Waals surface area contributed by atoms with Gasteiger partial charge in [0.15, 0.2) is 0 Å². The molecule has 1 aromatic heterocycles. The van der Waals surface area contributed by atoms with Crippen molar-refractivity contribution in [3.05, 3.63) is 53.9 Å². The van der Waals surface area contributed by atoms with Crippen LogP contribution in [0.3, 0.4) is 0 Å². The van der Waals surface area contributed by atoms with Crippen molar-refractivity contribution in [3.63, 3.8) is 0 Å². The molecule has 69 valence electrons. The molecule has 0 unspecified atom stereocenters. The number of hydrogen-bond acceptors (Lipinski definition) is 2. The zero-order valence-corrected chi connectivity index (χ0v) is 7.77. The Kier molecular flexibility index (Phi) is 2.14. The molecule has 1 aromatic carbocycles. The van der Waals surface area contributed by atoms with Crippen LogP contribution in [0.5, 0.6) is 0 Å². The Morgan fingerprint density at radius 1 is 1.36 bits per heavy atom. The van der Waals surface area contributed by atoms with E-state index in [-0.39, 0.29) is 5.78 Å². The van der Waals surface area contributed by atoms with Crippen LogP contribution < -0.4 is 0 Å². The molecule has 1 heterocycles. The minimum absolute atomic E-state index is 0.0148. The molecule has 0 N–H and O–H groups in total. The third kappa shape index (κ3) is 1.44. The predicted molar refractivity (Wildman–Crippen MR) is 51.9 cm³/mol. The molecule has 0 aliphatic heterocycles. The summed E-state index contributed by atoms with van der Waals surface area (Å²) < 4.78 is 1.57. The summed E-state index contributed by atoms with van der Waals surface area (Å²) in [6.07, 6.45) is 1.61. The Bertz CT molecular complexity index is 445. The van der Waals surface area contributed by atoms with Crippen LogP contribution in [0.25, 0.3) is 0 Å². The van der Waals surface area contributed by atoms with Gasteiger partial charge < -0.3 is 0 Å². The molecule has 2 rings (SSSR count). The van der Waals surface area contributed by atoms with Gasteiger partial charge in [0.2, 0.25) is 5.78 Å². The standard InChI is InChI=1S/C11H9N2O/c1-13-10(7-8-12-13)11(14)9-5-3-2-4-6-9/h3-8H,1H3. The number of rotatable bonds is 2. The minimum atomic E-state index is -0.0148. The maximum absolute atomic E-state index is 11.9. The first-order valence-electron chi connectivity index (χ1n) is 4.28. The van der Waals surface area contributed by atoms with Gasteiger partial charge in [0.1, 0.15) is 5.69 Å². The summed E-state index contributed by atoms with van der Waals surface area (Å²) in [4.78, 5) is 11.9. The van der Waals surface area contributed by atoms with Gasteiger partial charge in [-0.2, -0.15) is 5.10 Å². The van der Waals surface area contributed by atoms with E-state index in [1.165, 1.54) is 0 Å². The van der Waals surface area contributed by atoms with Crippen molar-refractivity contribution in [2.24, 2.45) is 7.05 Å². The number of aromatic nitrogens is 2. The normalized spacial score (nSPS) is 10.1. The highest BCUT2D eigenvalue weighted by molar-refractivity contribution is 6.07. The minimum Gasteiger partial charge on any atom is -0.287 e. The van der Waals surface area contributed by atoms with E-state index >= 15 is 0 Å². The van der Waals surface area contributed by atoms with E-state index in [1.54, 1.807) is 48.3 Å². The summed E-state index contributed by atoms with van der Waals surface area (Å²) in [5, 5.41) is 3.95. The molecule has 3 nitrogen and oxygen atoms in total. The highest BCUT2D eigenvalue weighted by Gasteiger charge is 2.11. The first-order chi connectivity index (χ1) is 6.79. The van der Waals surface area contributed by atoms with Gasteiger partial charge in [-0.05, 0) is 12.1 Å². The van der Waals surface area contributed by atoms with Crippen LogP contribution in [-0.4, -0.2) is 15.6 Å². The largest absolute Gasteiger partial charge is 0.287 e. The summed E-state index contributed by atoms with van der Waals surface area (Å²) in [5.74, 6) is -0.0148. The highest BCUT2D eigenvalue weighted by Crippen LogP contribution is 2.07. The molecule has 0 aliphatic carbocycles. The topological polar surface area (TPSA) is 34.9 Å². The van der Waals surface area contributed by atoms with E-state index in [0.717, 1.165) is 0 Å². The highest BCUT2D eigenvalue weighted by atomic mass is 16.1. The van der Waals surface area contributed by atoms with Gasteiger partial charge in [0.25, 0.3) is 0 Å². The second kappa shape index (κ2) is 3.46. The third-order valence-corrected chi connectivity index (χ3v) is 2.03. The molecule has 0 fully saturated rings. The van der Waals surface area contributed by atoms with E-state index < -0.39 is 0 Å². The number of ketones is 1. The fourth-order valence-electron chi connectivity index (χ4n) is 1.28. The van der Waals surface area contributed by atoms with Crippen molar-refractivity contribution in [2.45, 2.75) is 0 Å². The SMILES string of the molecule is Cn1nccc1C(=O)c1cc[c]cc1. The van der Waals surface area contributed by atoms with Crippen LogP contribution >= 0.6 is 0 Å². The van der Waals surface area contributed by atoms with Crippen LogP contribution in [0.15, 0.2) is 36.5 Å². The number of carbonyl (C=O) groups excluding carboxylic acids is 1. The van der Waals surface area contributed by atoms with E-state index in [1.807, 2.05) is 0 Å². The monoisotopic (exact) mass is 185 g/mol. The molecule has 0 saturated heterocycles. The van der Waals surface area contributed by atoms with Crippen LogP contribution in [0, 0.1) is 6.07 Å². The molecule has 0 amide bonds. The summed E-state index contributed by atoms with van der Waals surface area (Å²) in [6, 6.07) is 11.5. The van der Waals surface area contributed by atoms with Crippen molar-refractivity contribution < 1.29 is 4.79 Å².